The first kappa shape index (κ1) is 15.5. The Kier molecular flexibility index (Phi) is 4.08. The number of aliphatic hydroxyl groups is 2. The van der Waals surface area contributed by atoms with Gasteiger partial charge < -0.3 is 20.5 Å². The number of hydrogen-bond acceptors (Lipinski definition) is 5. The number of hydrazine groups is 1. The highest BCUT2D eigenvalue weighted by molar-refractivity contribution is 5.95. The molecule has 0 saturated carbocycles. The van der Waals surface area contributed by atoms with Crippen molar-refractivity contribution in [1.82, 2.24) is 4.90 Å². The number of aliphatic hydroxyl groups excluding tert-OH is 2. The molecule has 0 bridgehead atoms. The van der Waals surface area contributed by atoms with Crippen molar-refractivity contribution in [1.29, 1.82) is 0 Å². The average Bonchev–Trinajstić information content (AvgIpc) is 2.76. The fraction of sp³-hybridized carbons (Fsp3) is 0.417. The summed E-state index contributed by atoms with van der Waals surface area (Å²) < 4.78 is 38.6. The molecule has 2 atom stereocenters. The number of likely N-dealkylation sites (tertiary alicyclic amines) is 1. The molecule has 0 radical (unpaired) electrons. The van der Waals surface area contributed by atoms with Gasteiger partial charge in [-0.05, 0) is 18.2 Å². The standard InChI is InChI=1S/C12H14F3N3O3/c13-12(14,15)7-3-6(1-2-8(7)17-16)11(21)18-4-9(19)10(20)5-18/h1-3,9-10,17,19-20H,4-5,16H2. The zero-order valence-corrected chi connectivity index (χ0v) is 10.8. The van der Waals surface area contributed by atoms with Gasteiger partial charge in [0.15, 0.2) is 0 Å². The van der Waals surface area contributed by atoms with Gasteiger partial charge in [0.1, 0.15) is 0 Å². The Hall–Kier alpha value is -1.84. The van der Waals surface area contributed by atoms with E-state index in [0.29, 0.717) is 6.07 Å². The Morgan fingerprint density at radius 3 is 2.33 bits per heavy atom. The Morgan fingerprint density at radius 1 is 1.29 bits per heavy atom. The summed E-state index contributed by atoms with van der Waals surface area (Å²) in [6.07, 6.45) is -6.86. The predicted molar refractivity (Wildman–Crippen MR) is 67.2 cm³/mol. The average molecular weight is 305 g/mol. The van der Waals surface area contributed by atoms with Gasteiger partial charge in [-0.15, -0.1) is 0 Å². The zero-order chi connectivity index (χ0) is 15.8. The second-order valence-corrected chi connectivity index (χ2v) is 4.75. The molecule has 2 unspecified atom stereocenters. The molecule has 9 heteroatoms. The topological polar surface area (TPSA) is 98.8 Å². The molecule has 0 aromatic heterocycles. The number of carbonyl (C=O) groups is 1. The molecule has 0 aliphatic carbocycles. The Morgan fingerprint density at radius 2 is 1.86 bits per heavy atom. The molecule has 1 saturated heterocycles. The van der Waals surface area contributed by atoms with Gasteiger partial charge in [-0.2, -0.15) is 13.2 Å². The van der Waals surface area contributed by atoms with E-state index in [2.05, 4.69) is 0 Å². The summed E-state index contributed by atoms with van der Waals surface area (Å²) in [4.78, 5) is 13.2. The van der Waals surface area contributed by atoms with Crippen molar-refractivity contribution in [3.05, 3.63) is 29.3 Å². The number of nitrogens with two attached hydrogens (primary N) is 1. The van der Waals surface area contributed by atoms with Crippen LogP contribution in [0.4, 0.5) is 18.9 Å². The van der Waals surface area contributed by atoms with Gasteiger partial charge in [-0.3, -0.25) is 10.6 Å². The third-order valence-electron chi connectivity index (χ3n) is 3.27. The number of alkyl halides is 3. The van der Waals surface area contributed by atoms with Crippen LogP contribution in [0.15, 0.2) is 18.2 Å². The van der Waals surface area contributed by atoms with Gasteiger partial charge in [0.25, 0.3) is 5.91 Å². The second-order valence-electron chi connectivity index (χ2n) is 4.75. The molecule has 1 aliphatic rings. The molecule has 21 heavy (non-hydrogen) atoms. The molecule has 1 amide bonds. The number of benzene rings is 1. The van der Waals surface area contributed by atoms with Crippen molar-refractivity contribution in [2.75, 3.05) is 18.5 Å². The van der Waals surface area contributed by atoms with Gasteiger partial charge in [0, 0.05) is 18.7 Å². The number of nitrogens with one attached hydrogen (secondary N) is 1. The lowest BCUT2D eigenvalue weighted by Crippen LogP contribution is -2.30. The van der Waals surface area contributed by atoms with Crippen molar-refractivity contribution in [2.24, 2.45) is 5.84 Å². The first-order valence-corrected chi connectivity index (χ1v) is 6.07. The number of halogens is 3. The van der Waals surface area contributed by atoms with E-state index in [1.54, 1.807) is 0 Å². The maximum Gasteiger partial charge on any atom is 0.418 e. The molecule has 1 heterocycles. The highest BCUT2D eigenvalue weighted by atomic mass is 19.4. The Balaban J connectivity index is 2.31. The maximum absolute atomic E-state index is 12.9. The summed E-state index contributed by atoms with van der Waals surface area (Å²) in [5.41, 5.74) is 0.329. The third-order valence-corrected chi connectivity index (χ3v) is 3.27. The number of nitrogens with zero attached hydrogens (tertiary/aromatic N) is 1. The molecular weight excluding hydrogens is 291 g/mol. The number of β-amino-alcohol motifs (C(OH)–C–C–N with tert-alkyl or cyclic N) is 2. The Bertz CT molecular complexity index is 540. The lowest BCUT2D eigenvalue weighted by molar-refractivity contribution is -0.137. The molecule has 5 N–H and O–H groups in total. The van der Waals surface area contributed by atoms with Crippen molar-refractivity contribution >= 4 is 11.6 Å². The summed E-state index contributed by atoms with van der Waals surface area (Å²) in [6.45, 7) is -0.253. The van der Waals surface area contributed by atoms with E-state index in [1.165, 1.54) is 6.07 Å². The van der Waals surface area contributed by atoms with E-state index in [9.17, 15) is 28.2 Å². The number of hydrogen-bond donors (Lipinski definition) is 4. The molecule has 0 spiro atoms. The summed E-state index contributed by atoms with van der Waals surface area (Å²) in [5, 5.41) is 18.8. The van der Waals surface area contributed by atoms with Gasteiger partial charge in [-0.25, -0.2) is 0 Å². The first-order valence-electron chi connectivity index (χ1n) is 6.07. The van der Waals surface area contributed by atoms with Crippen LogP contribution in [0.2, 0.25) is 0 Å². The molecule has 1 aromatic rings. The van der Waals surface area contributed by atoms with E-state index in [4.69, 9.17) is 5.84 Å². The second kappa shape index (κ2) is 5.51. The quantitative estimate of drug-likeness (QED) is 0.461. The molecule has 1 aliphatic heterocycles. The van der Waals surface area contributed by atoms with Crippen LogP contribution in [0.3, 0.4) is 0 Å². The molecule has 2 rings (SSSR count). The SMILES string of the molecule is NNc1ccc(C(=O)N2CC(O)C(O)C2)cc1C(F)(F)F. The number of nitrogen functional groups attached to an aromatic ring is 1. The molecule has 1 fully saturated rings. The number of rotatable bonds is 2. The zero-order valence-electron chi connectivity index (χ0n) is 10.8. The van der Waals surface area contributed by atoms with Crippen LogP contribution >= 0.6 is 0 Å². The summed E-state index contributed by atoms with van der Waals surface area (Å²) in [7, 11) is 0. The van der Waals surface area contributed by atoms with Gasteiger partial charge in [0.05, 0.1) is 23.5 Å². The van der Waals surface area contributed by atoms with Crippen LogP contribution in [0.1, 0.15) is 15.9 Å². The smallest absolute Gasteiger partial charge is 0.388 e. The third kappa shape index (κ3) is 3.09. The summed E-state index contributed by atoms with van der Waals surface area (Å²) in [6, 6.07) is 2.94. The van der Waals surface area contributed by atoms with Gasteiger partial charge >= 0.3 is 6.18 Å². The largest absolute Gasteiger partial charge is 0.418 e. The lowest BCUT2D eigenvalue weighted by atomic mass is 10.1. The van der Waals surface area contributed by atoms with E-state index in [-0.39, 0.29) is 24.3 Å². The predicted octanol–water partition coefficient (Wildman–Crippen LogP) is 0.169. The van der Waals surface area contributed by atoms with E-state index < -0.39 is 29.9 Å². The minimum atomic E-state index is -4.66. The van der Waals surface area contributed by atoms with Crippen LogP contribution in [0, 0.1) is 0 Å². The number of amides is 1. The fourth-order valence-corrected chi connectivity index (χ4v) is 2.16. The van der Waals surface area contributed by atoms with Crippen LogP contribution in [0.5, 0.6) is 0 Å². The van der Waals surface area contributed by atoms with Crippen molar-refractivity contribution < 1.29 is 28.2 Å². The minimum absolute atomic E-state index is 0.127. The minimum Gasteiger partial charge on any atom is -0.388 e. The van der Waals surface area contributed by atoms with Crippen LogP contribution < -0.4 is 11.3 Å². The summed E-state index contributed by atoms with van der Waals surface area (Å²) >= 11 is 0. The van der Waals surface area contributed by atoms with Gasteiger partial charge in [0.2, 0.25) is 0 Å². The number of carbonyl (C=O) groups excluding carboxylic acids is 1. The fourth-order valence-electron chi connectivity index (χ4n) is 2.16. The van der Waals surface area contributed by atoms with Crippen LogP contribution in [0.25, 0.3) is 0 Å². The first-order chi connectivity index (χ1) is 9.74. The Labute approximate surface area is 117 Å². The lowest BCUT2D eigenvalue weighted by Gasteiger charge is -2.18. The van der Waals surface area contributed by atoms with Crippen molar-refractivity contribution in [3.8, 4) is 0 Å². The summed E-state index contributed by atoms with van der Waals surface area (Å²) in [5.74, 6) is 4.33. The van der Waals surface area contributed by atoms with E-state index in [0.717, 1.165) is 11.0 Å². The normalized spacial score (nSPS) is 22.5. The van der Waals surface area contributed by atoms with Crippen molar-refractivity contribution in [2.45, 2.75) is 18.4 Å². The highest BCUT2D eigenvalue weighted by Gasteiger charge is 2.36. The van der Waals surface area contributed by atoms with E-state index >= 15 is 0 Å². The monoisotopic (exact) mass is 305 g/mol. The van der Waals surface area contributed by atoms with Crippen molar-refractivity contribution in [3.63, 3.8) is 0 Å². The van der Waals surface area contributed by atoms with Crippen LogP contribution in [-0.4, -0.2) is 46.3 Å². The van der Waals surface area contributed by atoms with E-state index in [1.807, 2.05) is 5.43 Å². The van der Waals surface area contributed by atoms with Crippen LogP contribution in [-0.2, 0) is 6.18 Å². The highest BCUT2D eigenvalue weighted by Crippen LogP contribution is 2.35. The molecular formula is C12H14F3N3O3. The maximum atomic E-state index is 12.9. The molecule has 116 valence electrons. The molecule has 6 nitrogen and oxygen atoms in total. The number of anilines is 1. The molecule has 1 aromatic carbocycles. The van der Waals surface area contributed by atoms with Gasteiger partial charge in [-0.1, -0.05) is 0 Å².